The maximum atomic E-state index is 10.4. The number of phenolic OH excluding ortho intramolecular Hbond substituents is 1. The molecule has 1 aromatic heterocycles. The number of rotatable bonds is 5. The molecule has 1 saturated heterocycles. The van der Waals surface area contributed by atoms with Crippen LogP contribution in [-0.4, -0.2) is 75.4 Å². The van der Waals surface area contributed by atoms with E-state index in [1.54, 1.807) is 12.1 Å². The normalized spacial score (nSPS) is 21.1. The van der Waals surface area contributed by atoms with Crippen LogP contribution in [0.4, 0.5) is 11.9 Å². The van der Waals surface area contributed by atoms with Crippen molar-refractivity contribution >= 4 is 11.9 Å². The highest BCUT2D eigenvalue weighted by Crippen LogP contribution is 2.34. The predicted octanol–water partition coefficient (Wildman–Crippen LogP) is 3.40. The number of aromatic nitrogens is 3. The molecule has 6 rings (SSSR count). The van der Waals surface area contributed by atoms with Gasteiger partial charge in [0, 0.05) is 44.3 Å². The Balaban J connectivity index is 1.34. The zero-order valence-corrected chi connectivity index (χ0v) is 20.6. The lowest BCUT2D eigenvalue weighted by atomic mass is 9.93. The molecule has 1 atom stereocenters. The third kappa shape index (κ3) is 4.51. The van der Waals surface area contributed by atoms with Crippen molar-refractivity contribution in [2.45, 2.75) is 44.2 Å². The summed E-state index contributed by atoms with van der Waals surface area (Å²) in [4.78, 5) is 21.7. The number of nitrogens with zero attached hydrogens (tertiary/aromatic N) is 6. The molecule has 36 heavy (non-hydrogen) atoms. The van der Waals surface area contributed by atoms with Gasteiger partial charge in [0.15, 0.2) is 5.82 Å². The van der Waals surface area contributed by atoms with Gasteiger partial charge in [-0.05, 0) is 42.5 Å². The zero-order valence-electron chi connectivity index (χ0n) is 20.6. The second-order valence-electron chi connectivity index (χ2n) is 10.1. The van der Waals surface area contributed by atoms with E-state index in [2.05, 4.69) is 32.9 Å². The van der Waals surface area contributed by atoms with Crippen molar-refractivity contribution in [1.29, 1.82) is 0 Å². The summed E-state index contributed by atoms with van der Waals surface area (Å²) in [5.41, 5.74) is 3.14. The van der Waals surface area contributed by atoms with Gasteiger partial charge in [0.25, 0.3) is 0 Å². The third-order valence-electron chi connectivity index (χ3n) is 8.00. The maximum absolute atomic E-state index is 10.4. The highest BCUT2D eigenvalue weighted by atomic mass is 16.3. The van der Waals surface area contributed by atoms with Crippen molar-refractivity contribution in [2.24, 2.45) is 0 Å². The van der Waals surface area contributed by atoms with Crippen molar-refractivity contribution in [2.75, 3.05) is 49.1 Å². The van der Waals surface area contributed by atoms with Crippen LogP contribution in [0.2, 0.25) is 0 Å². The first-order valence-corrected chi connectivity index (χ1v) is 13.2. The molecule has 1 unspecified atom stereocenters. The van der Waals surface area contributed by atoms with Crippen molar-refractivity contribution in [3.63, 3.8) is 0 Å². The van der Waals surface area contributed by atoms with Crippen LogP contribution >= 0.6 is 0 Å². The Hall–Kier alpha value is -3.23. The quantitative estimate of drug-likeness (QED) is 0.567. The van der Waals surface area contributed by atoms with Crippen molar-refractivity contribution in [3.05, 3.63) is 59.7 Å². The van der Waals surface area contributed by atoms with Crippen LogP contribution in [0.25, 0.3) is 11.4 Å². The molecule has 2 fully saturated rings. The highest BCUT2D eigenvalue weighted by molar-refractivity contribution is 5.61. The fourth-order valence-electron chi connectivity index (χ4n) is 6.04. The van der Waals surface area contributed by atoms with Gasteiger partial charge in [-0.15, -0.1) is 0 Å². The van der Waals surface area contributed by atoms with Crippen LogP contribution < -0.4 is 9.80 Å². The summed E-state index contributed by atoms with van der Waals surface area (Å²) < 4.78 is 0. The van der Waals surface area contributed by atoms with Gasteiger partial charge in [-0.3, -0.25) is 4.90 Å². The van der Waals surface area contributed by atoms with E-state index >= 15 is 0 Å². The third-order valence-corrected chi connectivity index (χ3v) is 8.00. The first-order valence-electron chi connectivity index (χ1n) is 13.2. The van der Waals surface area contributed by atoms with E-state index < -0.39 is 0 Å². The fourth-order valence-corrected chi connectivity index (χ4v) is 6.04. The minimum atomic E-state index is -0.207. The van der Waals surface area contributed by atoms with Gasteiger partial charge < -0.3 is 20.0 Å². The molecular formula is C28H34N6O2. The molecule has 0 amide bonds. The molecule has 3 heterocycles. The molecule has 1 aliphatic carbocycles. The monoisotopic (exact) mass is 486 g/mol. The Bertz CT molecular complexity index is 1210. The van der Waals surface area contributed by atoms with Crippen LogP contribution in [0.1, 0.15) is 42.9 Å². The van der Waals surface area contributed by atoms with Crippen molar-refractivity contribution in [1.82, 2.24) is 19.9 Å². The number of hydrogen-bond acceptors (Lipinski definition) is 8. The zero-order chi connectivity index (χ0) is 24.5. The van der Waals surface area contributed by atoms with E-state index in [-0.39, 0.29) is 18.4 Å². The number of benzene rings is 2. The highest BCUT2D eigenvalue weighted by Gasteiger charge is 2.31. The molecule has 188 valence electrons. The first-order chi connectivity index (χ1) is 17.7. The minimum absolute atomic E-state index is 0.0143. The lowest BCUT2D eigenvalue weighted by Crippen LogP contribution is -2.50. The largest absolute Gasteiger partial charge is 0.508 e. The topological polar surface area (TPSA) is 88.8 Å². The molecule has 2 aromatic carbocycles. The molecule has 1 saturated carbocycles. The Morgan fingerprint density at radius 2 is 1.61 bits per heavy atom. The molecule has 2 aliphatic heterocycles. The lowest BCUT2D eigenvalue weighted by molar-refractivity contribution is 0.187. The predicted molar refractivity (Wildman–Crippen MR) is 140 cm³/mol. The molecular weight excluding hydrogens is 452 g/mol. The Morgan fingerprint density at radius 1 is 0.833 bits per heavy atom. The van der Waals surface area contributed by atoms with E-state index in [9.17, 15) is 10.2 Å². The van der Waals surface area contributed by atoms with Gasteiger partial charge in [-0.2, -0.15) is 15.0 Å². The smallest absolute Gasteiger partial charge is 0.231 e. The van der Waals surface area contributed by atoms with Gasteiger partial charge in [0.2, 0.25) is 11.9 Å². The number of aromatic hydroxyl groups is 1. The standard InChI is InChI=1S/C28H34N6O2/c35-19-25-24-11-4-1-6-20(24)12-13-34(25)28-30-26(21-7-5-10-23(36)18-21)29-27(31-28)33-16-14-32(15-17-33)22-8-2-3-9-22/h1,4-7,10-11,18,22,25,35-36H,2-3,8-9,12-17,19H2. The Labute approximate surface area is 212 Å². The van der Waals surface area contributed by atoms with E-state index in [1.165, 1.54) is 31.2 Å². The molecule has 3 aliphatic rings. The van der Waals surface area contributed by atoms with E-state index in [0.717, 1.165) is 56.3 Å². The lowest BCUT2D eigenvalue weighted by Gasteiger charge is -2.39. The summed E-state index contributed by atoms with van der Waals surface area (Å²) in [7, 11) is 0. The summed E-state index contributed by atoms with van der Waals surface area (Å²) in [6, 6.07) is 15.9. The number of hydrogen-bond donors (Lipinski definition) is 2. The summed E-state index contributed by atoms with van der Waals surface area (Å²) in [5.74, 6) is 1.96. The van der Waals surface area contributed by atoms with Crippen LogP contribution in [0.3, 0.4) is 0 Å². The molecule has 0 radical (unpaired) electrons. The number of piperazine rings is 1. The first kappa shape index (κ1) is 23.2. The van der Waals surface area contributed by atoms with Gasteiger partial charge in [-0.1, -0.05) is 49.2 Å². The number of fused-ring (bicyclic) bond motifs is 1. The molecule has 8 nitrogen and oxygen atoms in total. The van der Waals surface area contributed by atoms with Gasteiger partial charge in [0.1, 0.15) is 5.75 Å². The van der Waals surface area contributed by atoms with Crippen LogP contribution in [-0.2, 0) is 6.42 Å². The van der Waals surface area contributed by atoms with Crippen molar-refractivity contribution in [3.8, 4) is 17.1 Å². The van der Waals surface area contributed by atoms with E-state index in [4.69, 9.17) is 15.0 Å². The average Bonchev–Trinajstić information content (AvgIpc) is 3.47. The van der Waals surface area contributed by atoms with Crippen molar-refractivity contribution < 1.29 is 10.2 Å². The number of anilines is 2. The van der Waals surface area contributed by atoms with Gasteiger partial charge in [0.05, 0.1) is 12.6 Å². The van der Waals surface area contributed by atoms with Crippen LogP contribution in [0, 0.1) is 0 Å². The summed E-state index contributed by atoms with van der Waals surface area (Å²) in [6.07, 6.45) is 6.20. The van der Waals surface area contributed by atoms with E-state index in [0.29, 0.717) is 17.7 Å². The van der Waals surface area contributed by atoms with Crippen LogP contribution in [0.5, 0.6) is 5.75 Å². The van der Waals surface area contributed by atoms with Crippen LogP contribution in [0.15, 0.2) is 48.5 Å². The maximum Gasteiger partial charge on any atom is 0.231 e. The summed E-state index contributed by atoms with van der Waals surface area (Å²) >= 11 is 0. The molecule has 3 aromatic rings. The molecule has 2 N–H and O–H groups in total. The minimum Gasteiger partial charge on any atom is -0.508 e. The summed E-state index contributed by atoms with van der Waals surface area (Å²) in [6.45, 7) is 4.50. The number of aliphatic hydroxyl groups excluding tert-OH is 1. The Morgan fingerprint density at radius 3 is 2.39 bits per heavy atom. The SMILES string of the molecule is OCC1c2ccccc2CCN1c1nc(-c2cccc(O)c2)nc(N2CCN(C3CCCC3)CC2)n1. The Kier molecular flexibility index (Phi) is 6.46. The second-order valence-corrected chi connectivity index (χ2v) is 10.1. The number of phenols is 1. The molecule has 0 spiro atoms. The molecule has 0 bridgehead atoms. The fraction of sp³-hybridized carbons (Fsp3) is 0.464. The van der Waals surface area contributed by atoms with Gasteiger partial charge >= 0.3 is 0 Å². The van der Waals surface area contributed by atoms with Gasteiger partial charge in [-0.25, -0.2) is 0 Å². The van der Waals surface area contributed by atoms with E-state index in [1.807, 2.05) is 18.2 Å². The molecule has 8 heteroatoms. The average molecular weight is 487 g/mol. The second kappa shape index (κ2) is 10.0. The number of aliphatic hydroxyl groups is 1. The summed E-state index contributed by atoms with van der Waals surface area (Å²) in [5, 5.41) is 20.5.